The number of hydrogen-bond donors (Lipinski definition) is 3. The van der Waals surface area contributed by atoms with E-state index >= 15 is 0 Å². The molecule has 1 unspecified atom stereocenters. The highest BCUT2D eigenvalue weighted by molar-refractivity contribution is 5.84. The SMILES string of the molecule is CN1CCCC(NCc2cn[nH]c2NC(=O)OC(C)(C)C)CC1. The molecule has 0 saturated carbocycles. The molecule has 23 heavy (non-hydrogen) atoms. The molecule has 1 aliphatic heterocycles. The zero-order chi connectivity index (χ0) is 16.9. The molecule has 2 rings (SSSR count). The number of rotatable bonds is 4. The molecule has 7 nitrogen and oxygen atoms in total. The number of H-pyrrole nitrogens is 1. The summed E-state index contributed by atoms with van der Waals surface area (Å²) in [6.07, 6.45) is 4.80. The topological polar surface area (TPSA) is 82.3 Å². The van der Waals surface area contributed by atoms with Crippen LogP contribution in [0.4, 0.5) is 10.6 Å². The Morgan fingerprint density at radius 2 is 2.22 bits per heavy atom. The van der Waals surface area contributed by atoms with E-state index in [1.807, 2.05) is 20.8 Å². The van der Waals surface area contributed by atoms with E-state index in [-0.39, 0.29) is 0 Å². The quantitative estimate of drug-likeness (QED) is 0.792. The van der Waals surface area contributed by atoms with Gasteiger partial charge in [-0.3, -0.25) is 10.4 Å². The molecule has 3 N–H and O–H groups in total. The third-order valence-corrected chi connectivity index (χ3v) is 3.88. The van der Waals surface area contributed by atoms with E-state index in [1.54, 1.807) is 6.20 Å². The lowest BCUT2D eigenvalue weighted by Gasteiger charge is -2.20. The molecule has 1 amide bonds. The summed E-state index contributed by atoms with van der Waals surface area (Å²) in [5.41, 5.74) is 0.419. The maximum atomic E-state index is 11.9. The maximum absolute atomic E-state index is 11.9. The minimum Gasteiger partial charge on any atom is -0.444 e. The van der Waals surface area contributed by atoms with Crippen molar-refractivity contribution in [3.63, 3.8) is 0 Å². The number of carbonyl (C=O) groups excluding carboxylic acids is 1. The summed E-state index contributed by atoms with van der Waals surface area (Å²) < 4.78 is 5.27. The largest absolute Gasteiger partial charge is 0.444 e. The number of carbonyl (C=O) groups is 1. The molecule has 1 aromatic rings. The first-order valence-corrected chi connectivity index (χ1v) is 8.27. The number of aromatic amines is 1. The third kappa shape index (κ3) is 6.19. The Bertz CT molecular complexity index is 509. The zero-order valence-corrected chi connectivity index (χ0v) is 14.6. The van der Waals surface area contributed by atoms with Gasteiger partial charge in [-0.1, -0.05) is 0 Å². The van der Waals surface area contributed by atoms with Gasteiger partial charge in [-0.15, -0.1) is 0 Å². The van der Waals surface area contributed by atoms with Crippen LogP contribution < -0.4 is 10.6 Å². The smallest absolute Gasteiger partial charge is 0.413 e. The number of nitrogens with zero attached hydrogens (tertiary/aromatic N) is 2. The van der Waals surface area contributed by atoms with E-state index in [9.17, 15) is 4.79 Å². The van der Waals surface area contributed by atoms with Gasteiger partial charge in [0.2, 0.25) is 0 Å². The van der Waals surface area contributed by atoms with Crippen LogP contribution in [0, 0.1) is 0 Å². The summed E-state index contributed by atoms with van der Waals surface area (Å²) in [5.74, 6) is 0.595. The predicted molar refractivity (Wildman–Crippen MR) is 90.4 cm³/mol. The van der Waals surface area contributed by atoms with Crippen LogP contribution in [0.5, 0.6) is 0 Å². The molecule has 7 heteroatoms. The van der Waals surface area contributed by atoms with Crippen molar-refractivity contribution in [1.29, 1.82) is 0 Å². The molecule has 1 fully saturated rings. The highest BCUT2D eigenvalue weighted by Gasteiger charge is 2.19. The summed E-state index contributed by atoms with van der Waals surface area (Å²) in [7, 11) is 2.17. The van der Waals surface area contributed by atoms with Crippen LogP contribution >= 0.6 is 0 Å². The van der Waals surface area contributed by atoms with Crippen molar-refractivity contribution in [2.24, 2.45) is 0 Å². The molecule has 2 heterocycles. The van der Waals surface area contributed by atoms with Crippen molar-refractivity contribution < 1.29 is 9.53 Å². The predicted octanol–water partition coefficient (Wildman–Crippen LogP) is 2.33. The zero-order valence-electron chi connectivity index (χ0n) is 14.6. The molecule has 0 aromatic carbocycles. The Balaban J connectivity index is 1.84. The van der Waals surface area contributed by atoms with Gasteiger partial charge in [0.05, 0.1) is 6.20 Å². The fourth-order valence-corrected chi connectivity index (χ4v) is 2.66. The number of aromatic nitrogens is 2. The van der Waals surface area contributed by atoms with Gasteiger partial charge in [0.15, 0.2) is 0 Å². The first kappa shape index (κ1) is 17.7. The Kier molecular flexibility index (Phi) is 6.01. The lowest BCUT2D eigenvalue weighted by Crippen LogP contribution is -2.30. The maximum Gasteiger partial charge on any atom is 0.413 e. The van der Waals surface area contributed by atoms with Gasteiger partial charge in [0.25, 0.3) is 0 Å². The van der Waals surface area contributed by atoms with Crippen LogP contribution in [-0.2, 0) is 11.3 Å². The number of ether oxygens (including phenoxy) is 1. The first-order chi connectivity index (χ1) is 10.8. The van der Waals surface area contributed by atoms with E-state index in [2.05, 4.69) is 32.8 Å². The standard InChI is InChI=1S/C16H29N5O2/c1-16(2,3)23-15(22)19-14-12(11-18-20-14)10-17-13-6-5-8-21(4)9-7-13/h11,13,17H,5-10H2,1-4H3,(H2,18,19,20,22). The highest BCUT2D eigenvalue weighted by Crippen LogP contribution is 2.15. The van der Waals surface area contributed by atoms with E-state index in [0.29, 0.717) is 18.4 Å². The summed E-state index contributed by atoms with van der Waals surface area (Å²) in [6, 6.07) is 0.504. The summed E-state index contributed by atoms with van der Waals surface area (Å²) in [6.45, 7) is 8.47. The van der Waals surface area contributed by atoms with Crippen molar-refractivity contribution in [2.45, 2.75) is 58.2 Å². The van der Waals surface area contributed by atoms with E-state index < -0.39 is 11.7 Å². The van der Waals surface area contributed by atoms with E-state index in [1.165, 1.54) is 12.8 Å². The highest BCUT2D eigenvalue weighted by atomic mass is 16.6. The number of amides is 1. The average Bonchev–Trinajstić information content (AvgIpc) is 2.75. The fraction of sp³-hybridized carbons (Fsp3) is 0.750. The lowest BCUT2D eigenvalue weighted by molar-refractivity contribution is 0.0635. The molecule has 1 aliphatic rings. The number of likely N-dealkylation sites (tertiary alicyclic amines) is 1. The molecule has 1 aromatic heterocycles. The number of hydrogen-bond acceptors (Lipinski definition) is 5. The van der Waals surface area contributed by atoms with Gasteiger partial charge in [-0.2, -0.15) is 5.10 Å². The normalized spacial score (nSPS) is 20.1. The fourth-order valence-electron chi connectivity index (χ4n) is 2.66. The summed E-state index contributed by atoms with van der Waals surface area (Å²) in [5, 5.41) is 13.1. The minimum atomic E-state index is -0.519. The molecule has 0 radical (unpaired) electrons. The van der Waals surface area contributed by atoms with Crippen molar-refractivity contribution in [2.75, 3.05) is 25.5 Å². The van der Waals surface area contributed by atoms with Crippen molar-refractivity contribution >= 4 is 11.9 Å². The van der Waals surface area contributed by atoms with Gasteiger partial charge >= 0.3 is 6.09 Å². The van der Waals surface area contributed by atoms with Crippen LogP contribution in [-0.4, -0.2) is 53.0 Å². The van der Waals surface area contributed by atoms with Gasteiger partial charge in [0.1, 0.15) is 11.4 Å². The molecular weight excluding hydrogens is 294 g/mol. The molecule has 0 spiro atoms. The first-order valence-electron chi connectivity index (χ1n) is 8.27. The van der Waals surface area contributed by atoms with Crippen molar-refractivity contribution in [3.05, 3.63) is 11.8 Å². The summed E-state index contributed by atoms with van der Waals surface area (Å²) >= 11 is 0. The Morgan fingerprint density at radius 1 is 1.43 bits per heavy atom. The third-order valence-electron chi connectivity index (χ3n) is 3.88. The molecule has 1 atom stereocenters. The Labute approximate surface area is 138 Å². The Morgan fingerprint density at radius 3 is 2.96 bits per heavy atom. The van der Waals surface area contributed by atoms with Crippen molar-refractivity contribution in [1.82, 2.24) is 20.4 Å². The summed E-state index contributed by atoms with van der Waals surface area (Å²) in [4.78, 5) is 14.2. The van der Waals surface area contributed by atoms with Crippen molar-refractivity contribution in [3.8, 4) is 0 Å². The lowest BCUT2D eigenvalue weighted by atomic mass is 10.1. The second kappa shape index (κ2) is 7.79. The molecule has 0 aliphatic carbocycles. The molecule has 0 bridgehead atoms. The molecular formula is C16H29N5O2. The molecule has 1 saturated heterocycles. The van der Waals surface area contributed by atoms with E-state index in [4.69, 9.17) is 4.74 Å². The molecule has 130 valence electrons. The second-order valence-electron chi connectivity index (χ2n) is 7.21. The Hall–Kier alpha value is -1.60. The van der Waals surface area contributed by atoms with Crippen LogP contribution in [0.15, 0.2) is 6.20 Å². The van der Waals surface area contributed by atoms with Gasteiger partial charge in [-0.25, -0.2) is 4.79 Å². The van der Waals surface area contributed by atoms with Gasteiger partial charge in [0, 0.05) is 18.2 Å². The number of nitrogens with one attached hydrogen (secondary N) is 3. The van der Waals surface area contributed by atoms with Crippen LogP contribution in [0.1, 0.15) is 45.6 Å². The average molecular weight is 323 g/mol. The van der Waals surface area contributed by atoms with Gasteiger partial charge in [-0.05, 0) is 60.2 Å². The van der Waals surface area contributed by atoms with Crippen LogP contribution in [0.2, 0.25) is 0 Å². The van der Waals surface area contributed by atoms with Crippen LogP contribution in [0.25, 0.3) is 0 Å². The van der Waals surface area contributed by atoms with E-state index in [0.717, 1.165) is 25.1 Å². The van der Waals surface area contributed by atoms with Crippen LogP contribution in [0.3, 0.4) is 0 Å². The monoisotopic (exact) mass is 323 g/mol. The number of anilines is 1. The van der Waals surface area contributed by atoms with Gasteiger partial charge < -0.3 is 15.0 Å². The minimum absolute atomic E-state index is 0.473. The second-order valence-corrected chi connectivity index (χ2v) is 7.21.